The highest BCUT2D eigenvalue weighted by atomic mass is 79.9. The van der Waals surface area contributed by atoms with E-state index >= 15 is 0 Å². The van der Waals surface area contributed by atoms with E-state index in [9.17, 15) is 4.79 Å². The van der Waals surface area contributed by atoms with Crippen LogP contribution in [0.4, 0.5) is 0 Å². The van der Waals surface area contributed by atoms with Crippen LogP contribution in [0.25, 0.3) is 0 Å². The highest BCUT2D eigenvalue weighted by Crippen LogP contribution is 2.49. The van der Waals surface area contributed by atoms with E-state index in [1.54, 1.807) is 6.20 Å². The highest BCUT2D eigenvalue weighted by Gasteiger charge is 2.39. The number of aromatic nitrogens is 2. The number of hydrogen-bond donors (Lipinski definition) is 1. The smallest absolute Gasteiger partial charge is 0.220 e. The molecule has 1 amide bonds. The van der Waals surface area contributed by atoms with E-state index in [0.29, 0.717) is 5.92 Å². The molecule has 3 rings (SSSR count). The monoisotopic (exact) mass is 339 g/mol. The molecule has 1 aromatic heterocycles. The first-order valence-corrected chi connectivity index (χ1v) is 8.44. The molecule has 0 aromatic carbocycles. The summed E-state index contributed by atoms with van der Waals surface area (Å²) in [7, 11) is 0. The van der Waals surface area contributed by atoms with E-state index in [1.165, 1.54) is 25.7 Å². The van der Waals surface area contributed by atoms with Gasteiger partial charge in [0.2, 0.25) is 5.91 Å². The maximum atomic E-state index is 11.9. The number of amides is 1. The molecular weight excluding hydrogens is 318 g/mol. The summed E-state index contributed by atoms with van der Waals surface area (Å²) in [5.74, 6) is 2.67. The number of rotatable bonds is 6. The Hall–Kier alpha value is -0.840. The molecule has 2 saturated carbocycles. The lowest BCUT2D eigenvalue weighted by atomic mass is 9.86. The van der Waals surface area contributed by atoms with Crippen LogP contribution in [0.2, 0.25) is 0 Å². The average Bonchev–Trinajstić information content (AvgIpc) is 3.11. The molecular formula is C15H22BrN3O. The van der Waals surface area contributed by atoms with Crippen LogP contribution < -0.4 is 5.32 Å². The van der Waals surface area contributed by atoms with E-state index in [1.807, 2.05) is 10.9 Å². The fourth-order valence-corrected chi connectivity index (χ4v) is 4.19. The summed E-state index contributed by atoms with van der Waals surface area (Å²) >= 11 is 3.38. The Bertz CT molecular complexity index is 473. The van der Waals surface area contributed by atoms with E-state index in [4.69, 9.17) is 0 Å². The van der Waals surface area contributed by atoms with Crippen LogP contribution in [0.15, 0.2) is 16.9 Å². The van der Waals surface area contributed by atoms with Crippen LogP contribution in [-0.4, -0.2) is 22.2 Å². The molecule has 2 aliphatic rings. The first-order valence-electron chi connectivity index (χ1n) is 7.65. The van der Waals surface area contributed by atoms with Crippen molar-refractivity contribution >= 4 is 21.8 Å². The number of carbonyl (C=O) groups is 1. The Kier molecular flexibility index (Phi) is 4.44. The predicted molar refractivity (Wildman–Crippen MR) is 81.1 cm³/mol. The minimum atomic E-state index is 0.240. The molecule has 1 heterocycles. The second kappa shape index (κ2) is 6.29. The van der Waals surface area contributed by atoms with Gasteiger partial charge < -0.3 is 5.32 Å². The SMILES string of the molecule is O=C(CC1CC2CCC1C2)NCCCn1cc(Br)cn1. The average molecular weight is 340 g/mol. The van der Waals surface area contributed by atoms with Crippen LogP contribution in [0.1, 0.15) is 38.5 Å². The standard InChI is InChI=1S/C15H22BrN3O/c16-14-9-18-19(10-14)5-1-4-17-15(20)8-13-7-11-2-3-12(13)6-11/h9-13H,1-8H2,(H,17,20). The second-order valence-corrected chi connectivity index (χ2v) is 7.18. The largest absolute Gasteiger partial charge is 0.356 e. The Morgan fingerprint density at radius 2 is 2.35 bits per heavy atom. The molecule has 1 aromatic rings. The van der Waals surface area contributed by atoms with Crippen LogP contribution in [0, 0.1) is 17.8 Å². The van der Waals surface area contributed by atoms with Gasteiger partial charge in [0.15, 0.2) is 0 Å². The maximum absolute atomic E-state index is 11.9. The number of nitrogens with one attached hydrogen (secondary N) is 1. The fraction of sp³-hybridized carbons (Fsp3) is 0.733. The number of nitrogens with zero attached hydrogens (tertiary/aromatic N) is 2. The van der Waals surface area contributed by atoms with Crippen molar-refractivity contribution in [3.8, 4) is 0 Å². The van der Waals surface area contributed by atoms with Gasteiger partial charge in [-0.3, -0.25) is 9.48 Å². The Labute approximate surface area is 128 Å². The highest BCUT2D eigenvalue weighted by molar-refractivity contribution is 9.10. The van der Waals surface area contributed by atoms with Gasteiger partial charge in [0.1, 0.15) is 0 Å². The van der Waals surface area contributed by atoms with Gasteiger partial charge in [-0.25, -0.2) is 0 Å². The molecule has 2 aliphatic carbocycles. The molecule has 2 bridgehead atoms. The van der Waals surface area contributed by atoms with Gasteiger partial charge in [-0.05, 0) is 59.4 Å². The van der Waals surface area contributed by atoms with E-state index in [0.717, 1.165) is 42.2 Å². The molecule has 4 nitrogen and oxygen atoms in total. The Balaban J connectivity index is 1.31. The molecule has 0 saturated heterocycles. The van der Waals surface area contributed by atoms with Crippen molar-refractivity contribution in [2.75, 3.05) is 6.54 Å². The fourth-order valence-electron chi connectivity index (χ4n) is 3.87. The van der Waals surface area contributed by atoms with Gasteiger partial charge in [0.05, 0.1) is 10.7 Å². The van der Waals surface area contributed by atoms with Gasteiger partial charge in [-0.1, -0.05) is 6.42 Å². The quantitative estimate of drug-likeness (QED) is 0.810. The van der Waals surface area contributed by atoms with E-state index < -0.39 is 0 Å². The Morgan fingerprint density at radius 1 is 1.45 bits per heavy atom. The van der Waals surface area contributed by atoms with E-state index in [-0.39, 0.29) is 5.91 Å². The van der Waals surface area contributed by atoms with Crippen molar-refractivity contribution in [1.29, 1.82) is 0 Å². The molecule has 0 spiro atoms. The zero-order valence-corrected chi connectivity index (χ0v) is 13.3. The molecule has 1 N–H and O–H groups in total. The van der Waals surface area contributed by atoms with Crippen molar-refractivity contribution in [3.05, 3.63) is 16.9 Å². The molecule has 20 heavy (non-hydrogen) atoms. The third kappa shape index (κ3) is 3.43. The van der Waals surface area contributed by atoms with Crippen molar-refractivity contribution in [1.82, 2.24) is 15.1 Å². The molecule has 3 atom stereocenters. The normalized spacial score (nSPS) is 27.9. The van der Waals surface area contributed by atoms with Gasteiger partial charge in [0.25, 0.3) is 0 Å². The second-order valence-electron chi connectivity index (χ2n) is 6.26. The molecule has 2 fully saturated rings. The number of hydrogen-bond acceptors (Lipinski definition) is 2. The maximum Gasteiger partial charge on any atom is 0.220 e. The number of carbonyl (C=O) groups excluding carboxylic acids is 1. The van der Waals surface area contributed by atoms with Gasteiger partial charge in [0, 0.05) is 25.7 Å². The van der Waals surface area contributed by atoms with Crippen LogP contribution in [0.3, 0.4) is 0 Å². The summed E-state index contributed by atoms with van der Waals surface area (Å²) in [6, 6.07) is 0. The first kappa shape index (κ1) is 14.1. The van der Waals surface area contributed by atoms with Crippen molar-refractivity contribution in [3.63, 3.8) is 0 Å². The minimum Gasteiger partial charge on any atom is -0.356 e. The minimum absolute atomic E-state index is 0.240. The summed E-state index contributed by atoms with van der Waals surface area (Å²) in [6.45, 7) is 1.59. The Morgan fingerprint density at radius 3 is 3.00 bits per heavy atom. The molecule has 5 heteroatoms. The lowest BCUT2D eigenvalue weighted by molar-refractivity contribution is -0.122. The first-order chi connectivity index (χ1) is 9.70. The zero-order valence-electron chi connectivity index (χ0n) is 11.7. The molecule has 0 radical (unpaired) electrons. The van der Waals surface area contributed by atoms with Crippen molar-refractivity contribution in [2.45, 2.75) is 45.1 Å². The van der Waals surface area contributed by atoms with E-state index in [2.05, 4.69) is 26.3 Å². The van der Waals surface area contributed by atoms with Crippen molar-refractivity contribution in [2.24, 2.45) is 17.8 Å². The van der Waals surface area contributed by atoms with Gasteiger partial charge in [-0.2, -0.15) is 5.10 Å². The molecule has 110 valence electrons. The van der Waals surface area contributed by atoms with Crippen LogP contribution in [0.5, 0.6) is 0 Å². The summed E-state index contributed by atoms with van der Waals surface area (Å²) < 4.78 is 2.89. The third-order valence-corrected chi connectivity index (χ3v) is 5.23. The summed E-state index contributed by atoms with van der Waals surface area (Å²) in [5, 5.41) is 7.25. The summed E-state index contributed by atoms with van der Waals surface area (Å²) in [6.07, 6.45) is 10.8. The summed E-state index contributed by atoms with van der Waals surface area (Å²) in [4.78, 5) is 11.9. The van der Waals surface area contributed by atoms with Crippen LogP contribution >= 0.6 is 15.9 Å². The molecule has 3 unspecified atom stereocenters. The lowest BCUT2D eigenvalue weighted by Crippen LogP contribution is -2.28. The third-order valence-electron chi connectivity index (χ3n) is 4.82. The van der Waals surface area contributed by atoms with Crippen LogP contribution in [-0.2, 0) is 11.3 Å². The number of halogens is 1. The predicted octanol–water partition coefficient (Wildman–Crippen LogP) is 2.98. The van der Waals surface area contributed by atoms with Crippen molar-refractivity contribution < 1.29 is 4.79 Å². The van der Waals surface area contributed by atoms with Gasteiger partial charge >= 0.3 is 0 Å². The zero-order chi connectivity index (χ0) is 13.9. The number of fused-ring (bicyclic) bond motifs is 2. The topological polar surface area (TPSA) is 46.9 Å². The lowest BCUT2D eigenvalue weighted by Gasteiger charge is -2.20. The van der Waals surface area contributed by atoms with Gasteiger partial charge in [-0.15, -0.1) is 0 Å². The summed E-state index contributed by atoms with van der Waals surface area (Å²) in [5.41, 5.74) is 0. The number of aryl methyl sites for hydroxylation is 1. The molecule has 0 aliphatic heterocycles.